The van der Waals surface area contributed by atoms with Crippen molar-refractivity contribution >= 4 is 34.9 Å². The lowest BCUT2D eigenvalue weighted by Gasteiger charge is -2.36. The summed E-state index contributed by atoms with van der Waals surface area (Å²) in [4.78, 5) is 47.4. The van der Waals surface area contributed by atoms with E-state index in [0.29, 0.717) is 30.0 Å². The van der Waals surface area contributed by atoms with Crippen LogP contribution in [0.25, 0.3) is 0 Å². The number of benzene rings is 1. The van der Waals surface area contributed by atoms with Gasteiger partial charge in [-0.2, -0.15) is 0 Å². The Balaban J connectivity index is 1.45. The standard InChI is InChI=1S/C20H24N2O5/c1-12(23)21-16-5-7-17(8-6-16)22-18(24)11-27-20(26)15-9-13-3-2-4-14(10-15)19(13)25/h5-8,13-15H,2-4,9-11H2,1H3,(H,21,23)(H,22,24)/t13-,14+,15?. The lowest BCUT2D eigenvalue weighted by atomic mass is 9.67. The molecule has 2 aliphatic carbocycles. The zero-order valence-corrected chi connectivity index (χ0v) is 15.3. The van der Waals surface area contributed by atoms with Crippen LogP contribution >= 0.6 is 0 Å². The van der Waals surface area contributed by atoms with E-state index in [-0.39, 0.29) is 30.3 Å². The first kappa shape index (κ1) is 19.1. The van der Waals surface area contributed by atoms with Gasteiger partial charge in [0, 0.05) is 30.1 Å². The van der Waals surface area contributed by atoms with Crippen LogP contribution in [0.2, 0.25) is 0 Å². The Morgan fingerprint density at radius 3 is 2.11 bits per heavy atom. The number of esters is 1. The second kappa shape index (κ2) is 8.33. The summed E-state index contributed by atoms with van der Waals surface area (Å²) < 4.78 is 5.17. The molecule has 2 N–H and O–H groups in total. The highest BCUT2D eigenvalue weighted by atomic mass is 16.5. The van der Waals surface area contributed by atoms with E-state index in [9.17, 15) is 19.2 Å². The monoisotopic (exact) mass is 372 g/mol. The normalized spacial score (nSPS) is 24.0. The maximum Gasteiger partial charge on any atom is 0.309 e. The fourth-order valence-electron chi connectivity index (χ4n) is 3.96. The molecule has 0 heterocycles. The number of carbonyl (C=O) groups excluding carboxylic acids is 4. The van der Waals surface area contributed by atoms with E-state index in [2.05, 4.69) is 10.6 Å². The third-order valence-corrected chi connectivity index (χ3v) is 5.22. The third-order valence-electron chi connectivity index (χ3n) is 5.22. The van der Waals surface area contributed by atoms with Gasteiger partial charge in [-0.1, -0.05) is 6.42 Å². The molecule has 144 valence electrons. The van der Waals surface area contributed by atoms with Gasteiger partial charge in [-0.15, -0.1) is 0 Å². The predicted molar refractivity (Wildman–Crippen MR) is 98.9 cm³/mol. The average Bonchev–Trinajstić information content (AvgIpc) is 2.60. The van der Waals surface area contributed by atoms with Gasteiger partial charge in [-0.3, -0.25) is 19.2 Å². The van der Waals surface area contributed by atoms with Crippen molar-refractivity contribution < 1.29 is 23.9 Å². The van der Waals surface area contributed by atoms with E-state index in [0.717, 1.165) is 19.3 Å². The summed E-state index contributed by atoms with van der Waals surface area (Å²) in [6.45, 7) is 1.06. The molecule has 7 nitrogen and oxygen atoms in total. The Morgan fingerprint density at radius 2 is 1.56 bits per heavy atom. The second-order valence-corrected chi connectivity index (χ2v) is 7.31. The number of rotatable bonds is 5. The fourth-order valence-corrected chi connectivity index (χ4v) is 3.96. The summed E-state index contributed by atoms with van der Waals surface area (Å²) in [5, 5.41) is 5.28. The zero-order valence-electron chi connectivity index (χ0n) is 15.3. The lowest BCUT2D eigenvalue weighted by Crippen LogP contribution is -2.40. The van der Waals surface area contributed by atoms with Crippen molar-refractivity contribution in [1.82, 2.24) is 0 Å². The molecule has 2 amide bonds. The van der Waals surface area contributed by atoms with Crippen LogP contribution in [-0.4, -0.2) is 30.2 Å². The number of Topliss-reactive ketones (excluding diaryl/α,β-unsaturated/α-hetero) is 1. The summed E-state index contributed by atoms with van der Waals surface area (Å²) in [5.41, 5.74) is 1.17. The average molecular weight is 372 g/mol. The second-order valence-electron chi connectivity index (χ2n) is 7.31. The Labute approximate surface area is 157 Å². The number of hydrogen-bond acceptors (Lipinski definition) is 5. The van der Waals surface area contributed by atoms with Crippen LogP contribution in [0.3, 0.4) is 0 Å². The first-order valence-corrected chi connectivity index (χ1v) is 9.30. The molecule has 1 aromatic carbocycles. The molecule has 2 bridgehead atoms. The number of nitrogens with one attached hydrogen (secondary N) is 2. The number of ketones is 1. The van der Waals surface area contributed by atoms with Crippen molar-refractivity contribution in [1.29, 1.82) is 0 Å². The summed E-state index contributed by atoms with van der Waals surface area (Å²) in [6.07, 6.45) is 3.84. The third kappa shape index (κ3) is 4.93. The van der Waals surface area contributed by atoms with Crippen LogP contribution in [0.5, 0.6) is 0 Å². The number of amides is 2. The van der Waals surface area contributed by atoms with Crippen molar-refractivity contribution in [2.24, 2.45) is 17.8 Å². The summed E-state index contributed by atoms with van der Waals surface area (Å²) >= 11 is 0. The maximum atomic E-state index is 12.3. The van der Waals surface area contributed by atoms with Gasteiger partial charge in [0.2, 0.25) is 5.91 Å². The highest BCUT2D eigenvalue weighted by Gasteiger charge is 2.41. The van der Waals surface area contributed by atoms with Crippen LogP contribution in [-0.2, 0) is 23.9 Å². The van der Waals surface area contributed by atoms with Gasteiger partial charge in [0.15, 0.2) is 6.61 Å². The largest absolute Gasteiger partial charge is 0.455 e. The van der Waals surface area contributed by atoms with Crippen molar-refractivity contribution in [3.8, 4) is 0 Å². The van der Waals surface area contributed by atoms with Crippen molar-refractivity contribution in [3.63, 3.8) is 0 Å². The zero-order chi connectivity index (χ0) is 19.4. The summed E-state index contributed by atoms with van der Waals surface area (Å²) in [7, 11) is 0. The van der Waals surface area contributed by atoms with Crippen LogP contribution < -0.4 is 10.6 Å². The number of fused-ring (bicyclic) bond motifs is 2. The first-order valence-electron chi connectivity index (χ1n) is 9.30. The quantitative estimate of drug-likeness (QED) is 0.774. The van der Waals surface area contributed by atoms with Crippen LogP contribution in [0, 0.1) is 17.8 Å². The van der Waals surface area contributed by atoms with E-state index in [4.69, 9.17) is 4.74 Å². The number of ether oxygens (including phenoxy) is 1. The molecule has 3 rings (SSSR count). The number of anilines is 2. The molecule has 0 aromatic heterocycles. The molecule has 2 aliphatic rings. The van der Waals surface area contributed by atoms with Crippen LogP contribution in [0.4, 0.5) is 11.4 Å². The molecular formula is C20H24N2O5. The van der Waals surface area contributed by atoms with Gasteiger partial charge in [-0.25, -0.2) is 0 Å². The Kier molecular flexibility index (Phi) is 5.88. The number of carbonyl (C=O) groups is 4. The molecule has 0 radical (unpaired) electrons. The molecule has 1 aromatic rings. The van der Waals surface area contributed by atoms with Gasteiger partial charge in [0.1, 0.15) is 5.78 Å². The lowest BCUT2D eigenvalue weighted by molar-refractivity contribution is -0.155. The Bertz CT molecular complexity index is 727. The number of hydrogen-bond donors (Lipinski definition) is 2. The first-order chi connectivity index (χ1) is 12.9. The minimum Gasteiger partial charge on any atom is -0.455 e. The predicted octanol–water partition coefficient (Wildman–Crippen LogP) is 2.52. The summed E-state index contributed by atoms with van der Waals surface area (Å²) in [5.74, 6) is -1.03. The Morgan fingerprint density at radius 1 is 1.00 bits per heavy atom. The smallest absolute Gasteiger partial charge is 0.309 e. The maximum absolute atomic E-state index is 12.3. The van der Waals surface area contributed by atoms with E-state index < -0.39 is 11.9 Å². The van der Waals surface area contributed by atoms with Gasteiger partial charge in [0.05, 0.1) is 5.92 Å². The van der Waals surface area contributed by atoms with Crippen molar-refractivity contribution in [3.05, 3.63) is 24.3 Å². The van der Waals surface area contributed by atoms with E-state index in [1.807, 2.05) is 0 Å². The van der Waals surface area contributed by atoms with Crippen molar-refractivity contribution in [2.75, 3.05) is 17.2 Å². The minimum absolute atomic E-state index is 0.0222. The molecule has 0 saturated heterocycles. The fraction of sp³-hybridized carbons (Fsp3) is 0.500. The highest BCUT2D eigenvalue weighted by molar-refractivity contribution is 5.94. The highest BCUT2D eigenvalue weighted by Crippen LogP contribution is 2.40. The van der Waals surface area contributed by atoms with Gasteiger partial charge < -0.3 is 15.4 Å². The molecular weight excluding hydrogens is 348 g/mol. The van der Waals surface area contributed by atoms with E-state index in [1.165, 1.54) is 6.92 Å². The molecule has 0 spiro atoms. The van der Waals surface area contributed by atoms with Gasteiger partial charge in [0.25, 0.3) is 5.91 Å². The summed E-state index contributed by atoms with van der Waals surface area (Å²) in [6, 6.07) is 6.64. The molecule has 27 heavy (non-hydrogen) atoms. The molecule has 2 fully saturated rings. The van der Waals surface area contributed by atoms with Crippen LogP contribution in [0.1, 0.15) is 39.0 Å². The Hall–Kier alpha value is -2.70. The molecule has 7 heteroatoms. The van der Waals surface area contributed by atoms with Crippen LogP contribution in [0.15, 0.2) is 24.3 Å². The van der Waals surface area contributed by atoms with Crippen molar-refractivity contribution in [2.45, 2.75) is 39.0 Å². The van der Waals surface area contributed by atoms with Gasteiger partial charge >= 0.3 is 5.97 Å². The molecule has 1 unspecified atom stereocenters. The topological polar surface area (TPSA) is 102 Å². The SMILES string of the molecule is CC(=O)Nc1ccc(NC(=O)COC(=O)C2C[C@H]3CCC[C@@H](C2)C3=O)cc1. The molecule has 3 atom stereocenters. The van der Waals surface area contributed by atoms with E-state index in [1.54, 1.807) is 24.3 Å². The molecule has 0 aliphatic heterocycles. The van der Waals surface area contributed by atoms with Gasteiger partial charge in [-0.05, 0) is 49.9 Å². The minimum atomic E-state index is -0.428. The van der Waals surface area contributed by atoms with E-state index >= 15 is 0 Å². The molecule has 2 saturated carbocycles.